The Balaban J connectivity index is 1.17. The second kappa shape index (κ2) is 11.7. The Morgan fingerprint density at radius 3 is 1.48 bits per heavy atom. The van der Waals surface area contributed by atoms with Gasteiger partial charge in [0.15, 0.2) is 0 Å². The van der Waals surface area contributed by atoms with Crippen LogP contribution in [0.3, 0.4) is 0 Å². The summed E-state index contributed by atoms with van der Waals surface area (Å²) in [4.78, 5) is 1.32. The zero-order valence-corrected chi connectivity index (χ0v) is 30.4. The van der Waals surface area contributed by atoms with Crippen molar-refractivity contribution in [1.82, 2.24) is 0 Å². The number of hydrogen-bond acceptors (Lipinski definition) is 1. The Morgan fingerprint density at radius 2 is 0.880 bits per heavy atom. The van der Waals surface area contributed by atoms with Crippen molar-refractivity contribution in [3.05, 3.63) is 168 Å². The van der Waals surface area contributed by atoms with Gasteiger partial charge in [-0.25, -0.2) is 0 Å². The molecule has 8 aromatic carbocycles. The molecule has 0 amide bonds. The number of rotatable bonds is 4. The summed E-state index contributed by atoms with van der Waals surface area (Å²) in [5.41, 5.74) is 12.0. The van der Waals surface area contributed by atoms with E-state index in [0.29, 0.717) is 0 Å². The molecule has 50 heavy (non-hydrogen) atoms. The summed E-state index contributed by atoms with van der Waals surface area (Å²) in [6.45, 7) is 4.60. The number of fused-ring (bicyclic) bond motifs is 6. The van der Waals surface area contributed by atoms with E-state index >= 15 is 0 Å². The van der Waals surface area contributed by atoms with Crippen LogP contribution in [0.25, 0.3) is 95.4 Å². The Morgan fingerprint density at radius 1 is 0.360 bits per heavy atom. The molecule has 0 saturated carbocycles. The zero-order valence-electron chi connectivity index (χ0n) is 27.8. The first-order valence-electron chi connectivity index (χ1n) is 17.2. The van der Waals surface area contributed by atoms with Crippen molar-refractivity contribution in [3.8, 4) is 43.8 Å². The van der Waals surface area contributed by atoms with Gasteiger partial charge in [-0.1, -0.05) is 0 Å². The van der Waals surface area contributed by atoms with Gasteiger partial charge in [-0.3, -0.25) is 0 Å². The maximum atomic E-state index is 2.49. The van der Waals surface area contributed by atoms with Gasteiger partial charge in [0.2, 0.25) is 0 Å². The molecule has 0 saturated heterocycles. The molecule has 10 aromatic rings. The summed E-state index contributed by atoms with van der Waals surface area (Å²) in [5.74, 6) is 0. The van der Waals surface area contributed by atoms with E-state index in [-0.39, 0.29) is 14.5 Å². The van der Waals surface area contributed by atoms with Crippen LogP contribution in [0, 0.1) is 13.8 Å². The van der Waals surface area contributed by atoms with Gasteiger partial charge in [0.1, 0.15) is 0 Å². The van der Waals surface area contributed by atoms with E-state index < -0.39 is 0 Å². The molecule has 0 bridgehead atoms. The maximum absolute atomic E-state index is 2.49. The molecule has 2 aromatic heterocycles. The number of hydrogen-bond donors (Lipinski definition) is 0. The molecule has 0 fully saturated rings. The van der Waals surface area contributed by atoms with Crippen molar-refractivity contribution in [2.45, 2.75) is 13.8 Å². The SMILES string of the molecule is Cc1c(C)c(-c2ccc3c(c2)[se]c2ccc(-c4c5ccccc5c(-c5cccs5)c5ccccc45)cc23)c2ccccc2c1-c1ccccc1. The van der Waals surface area contributed by atoms with Crippen LogP contribution in [0.5, 0.6) is 0 Å². The van der Waals surface area contributed by atoms with Gasteiger partial charge < -0.3 is 0 Å². The summed E-state index contributed by atoms with van der Waals surface area (Å²) >= 11 is 2.06. The summed E-state index contributed by atoms with van der Waals surface area (Å²) in [7, 11) is 0. The van der Waals surface area contributed by atoms with Crippen molar-refractivity contribution >= 4 is 77.5 Å². The minimum absolute atomic E-state index is 0.245. The van der Waals surface area contributed by atoms with Gasteiger partial charge in [0, 0.05) is 0 Å². The second-order valence-corrected chi connectivity index (χ2v) is 16.5. The average molecular weight is 720 g/mol. The Bertz CT molecular complexity index is 2870. The Hall–Kier alpha value is -5.24. The summed E-state index contributed by atoms with van der Waals surface area (Å²) in [5, 5.41) is 12.8. The Kier molecular flexibility index (Phi) is 6.93. The van der Waals surface area contributed by atoms with Gasteiger partial charge >= 0.3 is 303 Å². The van der Waals surface area contributed by atoms with Crippen LogP contribution in [-0.4, -0.2) is 14.5 Å². The normalized spacial score (nSPS) is 11.8. The third-order valence-electron chi connectivity index (χ3n) is 10.6. The number of thiophene rings is 1. The quantitative estimate of drug-likeness (QED) is 0.125. The fourth-order valence-electron chi connectivity index (χ4n) is 8.26. The minimum atomic E-state index is 0.245. The van der Waals surface area contributed by atoms with Gasteiger partial charge in [0.05, 0.1) is 0 Å². The summed E-state index contributed by atoms with van der Waals surface area (Å²) in [6, 6.07) is 56.7. The molecule has 0 aliphatic carbocycles. The topological polar surface area (TPSA) is 0 Å². The first kappa shape index (κ1) is 29.7. The molecule has 0 spiro atoms. The predicted molar refractivity (Wildman–Crippen MR) is 220 cm³/mol. The molecule has 0 unspecified atom stereocenters. The molecule has 236 valence electrons. The van der Waals surface area contributed by atoms with E-state index in [1.54, 1.807) is 0 Å². The second-order valence-electron chi connectivity index (χ2n) is 13.3. The van der Waals surface area contributed by atoms with Gasteiger partial charge in [0.25, 0.3) is 0 Å². The fraction of sp³-hybridized carbons (Fsp3) is 0.0417. The predicted octanol–water partition coefficient (Wildman–Crippen LogP) is 13.9. The molecule has 10 rings (SSSR count). The van der Waals surface area contributed by atoms with Crippen LogP contribution < -0.4 is 0 Å². The summed E-state index contributed by atoms with van der Waals surface area (Å²) < 4.78 is 2.94. The first-order chi connectivity index (χ1) is 24.7. The molecular formula is C48H32SSe. The molecule has 2 heteroatoms. The van der Waals surface area contributed by atoms with Crippen LogP contribution in [-0.2, 0) is 0 Å². The van der Waals surface area contributed by atoms with Crippen LogP contribution in [0.15, 0.2) is 157 Å². The molecule has 0 N–H and O–H groups in total. The third-order valence-corrected chi connectivity index (χ3v) is 13.9. The van der Waals surface area contributed by atoms with E-state index in [1.807, 2.05) is 11.3 Å². The van der Waals surface area contributed by atoms with E-state index in [4.69, 9.17) is 0 Å². The van der Waals surface area contributed by atoms with Crippen molar-refractivity contribution in [2.75, 3.05) is 0 Å². The van der Waals surface area contributed by atoms with Crippen molar-refractivity contribution in [1.29, 1.82) is 0 Å². The standard InChI is InChI=1S/C48H32SSe/c1-29-30(2)46(36-16-7-6-15-35(36)45(29)31-13-4-3-5-14-31)33-22-24-34-41-27-32(23-25-43(41)50-44(34)28-33)47-37-17-8-10-19-39(37)48(42-21-12-26-49-42)40-20-11-9-18-38(40)47/h3-28H,1-2H3. The molecular weight excluding hydrogens is 688 g/mol. The van der Waals surface area contributed by atoms with Crippen molar-refractivity contribution < 1.29 is 0 Å². The van der Waals surface area contributed by atoms with Gasteiger partial charge in [-0.15, -0.1) is 0 Å². The van der Waals surface area contributed by atoms with E-state index in [2.05, 4.69) is 171 Å². The molecule has 0 radical (unpaired) electrons. The molecule has 0 aliphatic heterocycles. The van der Waals surface area contributed by atoms with Crippen molar-refractivity contribution in [3.63, 3.8) is 0 Å². The summed E-state index contributed by atoms with van der Waals surface area (Å²) in [6.07, 6.45) is 0. The third kappa shape index (κ3) is 4.50. The van der Waals surface area contributed by atoms with Crippen LogP contribution in [0.2, 0.25) is 0 Å². The molecule has 0 aliphatic rings. The molecule has 2 heterocycles. The van der Waals surface area contributed by atoms with E-state index in [9.17, 15) is 0 Å². The Labute approximate surface area is 301 Å². The van der Waals surface area contributed by atoms with Crippen LogP contribution in [0.1, 0.15) is 11.1 Å². The van der Waals surface area contributed by atoms with Gasteiger partial charge in [-0.2, -0.15) is 0 Å². The van der Waals surface area contributed by atoms with Crippen LogP contribution in [0.4, 0.5) is 0 Å². The molecule has 0 atom stereocenters. The molecule has 0 nitrogen and oxygen atoms in total. The first-order valence-corrected chi connectivity index (χ1v) is 19.8. The van der Waals surface area contributed by atoms with Crippen molar-refractivity contribution in [2.24, 2.45) is 0 Å². The number of benzene rings is 8. The van der Waals surface area contributed by atoms with E-state index in [0.717, 1.165) is 0 Å². The van der Waals surface area contributed by atoms with E-state index in [1.165, 1.54) is 107 Å². The fourth-order valence-corrected chi connectivity index (χ4v) is 11.4. The van der Waals surface area contributed by atoms with Gasteiger partial charge in [-0.05, 0) is 0 Å². The monoisotopic (exact) mass is 720 g/mol. The zero-order chi connectivity index (χ0) is 33.3. The van der Waals surface area contributed by atoms with Crippen LogP contribution >= 0.6 is 11.3 Å². The average Bonchev–Trinajstić information content (AvgIpc) is 3.82.